The molecule has 1 aromatic rings. The Kier molecular flexibility index (Phi) is 5.92. The van der Waals surface area contributed by atoms with Crippen LogP contribution in [0.5, 0.6) is 0 Å². The first-order chi connectivity index (χ1) is 9.01. The molecule has 19 heavy (non-hydrogen) atoms. The summed E-state index contributed by atoms with van der Waals surface area (Å²) in [5, 5.41) is 0. The first-order valence-electron chi connectivity index (χ1n) is 6.44. The van der Waals surface area contributed by atoms with E-state index in [0.29, 0.717) is 19.6 Å². The molecular weight excluding hydrogens is 242 g/mol. The second kappa shape index (κ2) is 7.21. The molecule has 1 heterocycles. The van der Waals surface area contributed by atoms with Crippen LogP contribution < -0.4 is 5.73 Å². The van der Waals surface area contributed by atoms with E-state index in [1.54, 1.807) is 38.3 Å². The SMILES string of the molecule is COC(C)(C)C(=O)N(CCCN)Cc1cccnc1. The van der Waals surface area contributed by atoms with Crippen molar-refractivity contribution in [1.82, 2.24) is 9.88 Å². The van der Waals surface area contributed by atoms with Gasteiger partial charge in [0.15, 0.2) is 0 Å². The van der Waals surface area contributed by atoms with E-state index in [0.717, 1.165) is 12.0 Å². The van der Waals surface area contributed by atoms with Crippen LogP contribution in [-0.2, 0) is 16.1 Å². The van der Waals surface area contributed by atoms with E-state index in [9.17, 15) is 4.79 Å². The second-order valence-corrected chi connectivity index (χ2v) is 4.94. The molecule has 5 nitrogen and oxygen atoms in total. The maximum Gasteiger partial charge on any atom is 0.254 e. The zero-order valence-electron chi connectivity index (χ0n) is 11.9. The highest BCUT2D eigenvalue weighted by Gasteiger charge is 2.31. The number of aromatic nitrogens is 1. The number of ether oxygens (including phenoxy) is 1. The van der Waals surface area contributed by atoms with Crippen LogP contribution in [0.25, 0.3) is 0 Å². The summed E-state index contributed by atoms with van der Waals surface area (Å²) in [6.07, 6.45) is 4.25. The Balaban J connectivity index is 2.80. The number of amides is 1. The number of pyridine rings is 1. The third kappa shape index (κ3) is 4.61. The molecule has 0 fully saturated rings. The number of carbonyl (C=O) groups excluding carboxylic acids is 1. The summed E-state index contributed by atoms with van der Waals surface area (Å²) in [6.45, 7) is 5.25. The van der Waals surface area contributed by atoms with Gasteiger partial charge in [-0.1, -0.05) is 6.07 Å². The topological polar surface area (TPSA) is 68.5 Å². The van der Waals surface area contributed by atoms with Gasteiger partial charge in [0.2, 0.25) is 0 Å². The van der Waals surface area contributed by atoms with Gasteiger partial charge in [-0.3, -0.25) is 9.78 Å². The lowest BCUT2D eigenvalue weighted by molar-refractivity contribution is -0.151. The molecule has 2 N–H and O–H groups in total. The van der Waals surface area contributed by atoms with Crippen molar-refractivity contribution in [2.24, 2.45) is 5.73 Å². The summed E-state index contributed by atoms with van der Waals surface area (Å²) in [5.74, 6) is -0.0349. The number of carbonyl (C=O) groups is 1. The summed E-state index contributed by atoms with van der Waals surface area (Å²) in [7, 11) is 1.54. The highest BCUT2D eigenvalue weighted by molar-refractivity contribution is 5.84. The molecule has 0 aliphatic heterocycles. The Bertz CT molecular complexity index is 393. The number of nitrogens with two attached hydrogens (primary N) is 1. The van der Waals surface area contributed by atoms with E-state index in [-0.39, 0.29) is 5.91 Å². The van der Waals surface area contributed by atoms with Crippen LogP contribution in [0.1, 0.15) is 25.8 Å². The molecule has 5 heteroatoms. The lowest BCUT2D eigenvalue weighted by Crippen LogP contribution is -2.46. The fourth-order valence-corrected chi connectivity index (χ4v) is 1.71. The van der Waals surface area contributed by atoms with Gasteiger partial charge in [0.05, 0.1) is 0 Å². The van der Waals surface area contributed by atoms with Gasteiger partial charge in [0.25, 0.3) is 5.91 Å². The molecule has 0 radical (unpaired) electrons. The normalized spacial score (nSPS) is 11.4. The van der Waals surface area contributed by atoms with E-state index in [1.165, 1.54) is 0 Å². The Labute approximate surface area is 114 Å². The molecule has 0 unspecified atom stereocenters. The molecule has 0 saturated carbocycles. The highest BCUT2D eigenvalue weighted by atomic mass is 16.5. The van der Waals surface area contributed by atoms with Crippen molar-refractivity contribution in [3.63, 3.8) is 0 Å². The maximum atomic E-state index is 12.4. The van der Waals surface area contributed by atoms with Crippen LogP contribution in [0.15, 0.2) is 24.5 Å². The fourth-order valence-electron chi connectivity index (χ4n) is 1.71. The van der Waals surface area contributed by atoms with Crippen LogP contribution in [0.3, 0.4) is 0 Å². The minimum Gasteiger partial charge on any atom is -0.369 e. The van der Waals surface area contributed by atoms with Gasteiger partial charge >= 0.3 is 0 Å². The Morgan fingerprint density at radius 2 is 2.26 bits per heavy atom. The van der Waals surface area contributed by atoms with E-state index in [4.69, 9.17) is 10.5 Å². The second-order valence-electron chi connectivity index (χ2n) is 4.94. The van der Waals surface area contributed by atoms with Crippen LogP contribution in [0.2, 0.25) is 0 Å². The number of hydrogen-bond donors (Lipinski definition) is 1. The predicted molar refractivity (Wildman–Crippen MR) is 74.4 cm³/mol. The lowest BCUT2D eigenvalue weighted by atomic mass is 10.1. The Morgan fingerprint density at radius 1 is 1.53 bits per heavy atom. The molecule has 1 aromatic heterocycles. The number of hydrogen-bond acceptors (Lipinski definition) is 4. The average Bonchev–Trinajstić information content (AvgIpc) is 2.43. The Morgan fingerprint density at radius 3 is 2.79 bits per heavy atom. The summed E-state index contributed by atoms with van der Waals surface area (Å²) in [5.41, 5.74) is 5.71. The van der Waals surface area contributed by atoms with Gasteiger partial charge in [0.1, 0.15) is 5.60 Å². The largest absolute Gasteiger partial charge is 0.369 e. The van der Waals surface area contributed by atoms with Crippen LogP contribution >= 0.6 is 0 Å². The molecule has 1 rings (SSSR count). The summed E-state index contributed by atoms with van der Waals surface area (Å²) >= 11 is 0. The standard InChI is InChI=1S/C14H23N3O2/c1-14(2,19-3)13(18)17(9-5-7-15)11-12-6-4-8-16-10-12/h4,6,8,10H,5,7,9,11,15H2,1-3H3. The molecule has 0 atom stereocenters. The van der Waals surface area contributed by atoms with Crippen molar-refractivity contribution >= 4 is 5.91 Å². The molecule has 0 spiro atoms. The molecule has 0 saturated heterocycles. The summed E-state index contributed by atoms with van der Waals surface area (Å²) in [4.78, 5) is 18.3. The number of nitrogens with zero attached hydrogens (tertiary/aromatic N) is 2. The van der Waals surface area contributed by atoms with Crippen molar-refractivity contribution < 1.29 is 9.53 Å². The van der Waals surface area contributed by atoms with Crippen LogP contribution in [0, 0.1) is 0 Å². The molecule has 0 aliphatic rings. The highest BCUT2D eigenvalue weighted by Crippen LogP contribution is 2.15. The van der Waals surface area contributed by atoms with E-state index >= 15 is 0 Å². The summed E-state index contributed by atoms with van der Waals surface area (Å²) in [6, 6.07) is 3.82. The third-order valence-corrected chi connectivity index (χ3v) is 3.04. The zero-order chi connectivity index (χ0) is 14.3. The maximum absolute atomic E-state index is 12.4. The van der Waals surface area contributed by atoms with Gasteiger partial charge in [-0.15, -0.1) is 0 Å². The molecule has 1 amide bonds. The average molecular weight is 265 g/mol. The Hall–Kier alpha value is -1.46. The van der Waals surface area contributed by atoms with Crippen molar-refractivity contribution in [2.75, 3.05) is 20.2 Å². The molecule has 0 bridgehead atoms. The molecule has 106 valence electrons. The zero-order valence-corrected chi connectivity index (χ0v) is 11.9. The minimum atomic E-state index is -0.823. The quantitative estimate of drug-likeness (QED) is 0.804. The van der Waals surface area contributed by atoms with E-state index in [1.807, 2.05) is 12.1 Å². The van der Waals surface area contributed by atoms with Crippen molar-refractivity contribution in [3.8, 4) is 0 Å². The van der Waals surface area contributed by atoms with Crippen molar-refractivity contribution in [1.29, 1.82) is 0 Å². The van der Waals surface area contributed by atoms with Crippen LogP contribution in [0.4, 0.5) is 0 Å². The lowest BCUT2D eigenvalue weighted by Gasteiger charge is -2.31. The van der Waals surface area contributed by atoms with Gasteiger partial charge in [-0.25, -0.2) is 0 Å². The van der Waals surface area contributed by atoms with Gasteiger partial charge < -0.3 is 15.4 Å². The smallest absolute Gasteiger partial charge is 0.254 e. The van der Waals surface area contributed by atoms with Gasteiger partial charge in [0, 0.05) is 32.6 Å². The predicted octanol–water partition coefficient (Wildman–Crippen LogP) is 1.18. The number of rotatable bonds is 7. The van der Waals surface area contributed by atoms with Gasteiger partial charge in [-0.2, -0.15) is 0 Å². The molecule has 0 aliphatic carbocycles. The van der Waals surface area contributed by atoms with E-state index < -0.39 is 5.60 Å². The monoisotopic (exact) mass is 265 g/mol. The number of methoxy groups -OCH3 is 1. The fraction of sp³-hybridized carbons (Fsp3) is 0.571. The third-order valence-electron chi connectivity index (χ3n) is 3.04. The molecular formula is C14H23N3O2. The van der Waals surface area contributed by atoms with Crippen molar-refractivity contribution in [3.05, 3.63) is 30.1 Å². The molecule has 0 aromatic carbocycles. The summed E-state index contributed by atoms with van der Waals surface area (Å²) < 4.78 is 5.26. The first-order valence-corrected chi connectivity index (χ1v) is 6.44. The van der Waals surface area contributed by atoms with Crippen LogP contribution in [-0.4, -0.2) is 41.6 Å². The first kappa shape index (κ1) is 15.6. The van der Waals surface area contributed by atoms with E-state index in [2.05, 4.69) is 4.98 Å². The minimum absolute atomic E-state index is 0.0349. The van der Waals surface area contributed by atoms with Gasteiger partial charge in [-0.05, 0) is 38.4 Å². The van der Waals surface area contributed by atoms with Crippen molar-refractivity contribution in [2.45, 2.75) is 32.4 Å².